The molecule has 17 heavy (non-hydrogen) atoms. The zero-order valence-corrected chi connectivity index (χ0v) is 10.1. The van der Waals surface area contributed by atoms with Gasteiger partial charge in [-0.25, -0.2) is 4.39 Å². The van der Waals surface area contributed by atoms with Crippen LogP contribution >= 0.6 is 11.6 Å². The summed E-state index contributed by atoms with van der Waals surface area (Å²) >= 11 is 5.87. The fraction of sp³-hybridized carbons (Fsp3) is 0.364. The van der Waals surface area contributed by atoms with Crippen LogP contribution in [-0.2, 0) is 9.53 Å². The van der Waals surface area contributed by atoms with Gasteiger partial charge in [0.15, 0.2) is 0 Å². The number of halogens is 2. The maximum atomic E-state index is 13.2. The first-order valence-corrected chi connectivity index (χ1v) is 5.36. The van der Waals surface area contributed by atoms with Crippen LogP contribution in [0.15, 0.2) is 12.1 Å². The van der Waals surface area contributed by atoms with Crippen LogP contribution in [0.25, 0.3) is 0 Å². The largest absolute Gasteiger partial charge is 0.370 e. The van der Waals surface area contributed by atoms with Crippen LogP contribution < -0.4 is 11.5 Å². The van der Waals surface area contributed by atoms with E-state index in [0.29, 0.717) is 11.1 Å². The number of benzene rings is 1. The number of nitrogens with two attached hydrogens (primary N) is 2. The van der Waals surface area contributed by atoms with Gasteiger partial charge in [0.25, 0.3) is 0 Å². The summed E-state index contributed by atoms with van der Waals surface area (Å²) in [5.41, 5.74) is 11.8. The van der Waals surface area contributed by atoms with Gasteiger partial charge in [0.05, 0.1) is 12.6 Å². The minimum absolute atomic E-state index is 0.0910. The van der Waals surface area contributed by atoms with Gasteiger partial charge in [-0.2, -0.15) is 0 Å². The molecule has 4 nitrogen and oxygen atoms in total. The monoisotopic (exact) mass is 260 g/mol. The Morgan fingerprint density at radius 3 is 2.82 bits per heavy atom. The average Bonchev–Trinajstić information content (AvgIpc) is 2.22. The molecular formula is C11H14ClFN2O2. The molecule has 0 aliphatic carbocycles. The molecule has 0 saturated heterocycles. The molecule has 1 aromatic carbocycles. The lowest BCUT2D eigenvalue weighted by Crippen LogP contribution is -2.23. The highest BCUT2D eigenvalue weighted by atomic mass is 35.5. The zero-order valence-electron chi connectivity index (χ0n) is 9.37. The molecule has 0 aliphatic rings. The second-order valence-electron chi connectivity index (χ2n) is 3.71. The minimum atomic E-state index is -0.571. The standard InChI is InChI=1S/C11H14ClFN2O2/c1-6-2-7(8(12)3-9(6)13)10(14)4-17-5-11(15)16/h2-3,10H,4-5,14H2,1H3,(H2,15,16). The maximum absolute atomic E-state index is 13.2. The first-order valence-electron chi connectivity index (χ1n) is 4.99. The predicted octanol–water partition coefficient (Wildman–Crippen LogP) is 1.29. The Hall–Kier alpha value is -1.17. The Morgan fingerprint density at radius 1 is 1.59 bits per heavy atom. The highest BCUT2D eigenvalue weighted by molar-refractivity contribution is 6.31. The van der Waals surface area contributed by atoms with Crippen LogP contribution in [0.5, 0.6) is 0 Å². The Labute approximate surface area is 104 Å². The molecule has 1 unspecified atom stereocenters. The lowest BCUT2D eigenvalue weighted by Gasteiger charge is -2.14. The normalized spacial score (nSPS) is 12.5. The van der Waals surface area contributed by atoms with E-state index in [1.807, 2.05) is 0 Å². The molecule has 1 amide bonds. The number of hydrogen-bond acceptors (Lipinski definition) is 3. The van der Waals surface area contributed by atoms with E-state index in [2.05, 4.69) is 0 Å². The first kappa shape index (κ1) is 13.9. The Morgan fingerprint density at radius 2 is 2.24 bits per heavy atom. The SMILES string of the molecule is Cc1cc(C(N)COCC(N)=O)c(Cl)cc1F. The molecule has 0 radical (unpaired) electrons. The van der Waals surface area contributed by atoms with Crippen molar-refractivity contribution >= 4 is 17.5 Å². The summed E-state index contributed by atoms with van der Waals surface area (Å²) in [7, 11) is 0. The molecule has 1 aromatic rings. The average molecular weight is 261 g/mol. The third kappa shape index (κ3) is 3.96. The van der Waals surface area contributed by atoms with E-state index < -0.39 is 11.9 Å². The Balaban J connectivity index is 2.71. The van der Waals surface area contributed by atoms with E-state index in [1.165, 1.54) is 6.07 Å². The molecule has 0 fully saturated rings. The third-order valence-corrected chi connectivity index (χ3v) is 2.55. The van der Waals surface area contributed by atoms with Crippen molar-refractivity contribution in [2.75, 3.05) is 13.2 Å². The van der Waals surface area contributed by atoms with Crippen LogP contribution in [0.2, 0.25) is 5.02 Å². The number of rotatable bonds is 5. The van der Waals surface area contributed by atoms with Crippen LogP contribution in [0, 0.1) is 12.7 Å². The van der Waals surface area contributed by atoms with Gasteiger partial charge in [-0.3, -0.25) is 4.79 Å². The summed E-state index contributed by atoms with van der Waals surface area (Å²) in [6.07, 6.45) is 0. The van der Waals surface area contributed by atoms with Crippen LogP contribution in [0.1, 0.15) is 17.2 Å². The summed E-state index contributed by atoms with van der Waals surface area (Å²) in [6.45, 7) is 1.51. The van der Waals surface area contributed by atoms with Crippen molar-refractivity contribution in [2.24, 2.45) is 11.5 Å². The molecule has 6 heteroatoms. The minimum Gasteiger partial charge on any atom is -0.370 e. The molecule has 1 rings (SSSR count). The van der Waals surface area contributed by atoms with Gasteiger partial charge in [-0.05, 0) is 24.1 Å². The molecule has 4 N–H and O–H groups in total. The van der Waals surface area contributed by atoms with Crippen LogP contribution in [0.4, 0.5) is 4.39 Å². The lowest BCUT2D eigenvalue weighted by atomic mass is 10.1. The number of primary amides is 1. The summed E-state index contributed by atoms with van der Waals surface area (Å²) in [5, 5.41) is 0.239. The molecule has 94 valence electrons. The molecule has 0 heterocycles. The summed E-state index contributed by atoms with van der Waals surface area (Å²) in [6, 6.07) is 2.25. The molecule has 1 atom stereocenters. The second kappa shape index (κ2) is 5.95. The van der Waals surface area contributed by atoms with E-state index in [-0.39, 0.29) is 24.1 Å². The van der Waals surface area contributed by atoms with E-state index in [9.17, 15) is 9.18 Å². The fourth-order valence-electron chi connectivity index (χ4n) is 1.34. The molecule has 0 spiro atoms. The van der Waals surface area contributed by atoms with Gasteiger partial charge in [0.1, 0.15) is 12.4 Å². The highest BCUT2D eigenvalue weighted by Crippen LogP contribution is 2.25. The number of amides is 1. The smallest absolute Gasteiger partial charge is 0.243 e. The Kier molecular flexibility index (Phi) is 4.86. The van der Waals surface area contributed by atoms with Crippen molar-refractivity contribution in [3.63, 3.8) is 0 Å². The first-order chi connectivity index (χ1) is 7.91. The van der Waals surface area contributed by atoms with E-state index in [0.717, 1.165) is 0 Å². The molecule has 0 saturated carbocycles. The molecule has 0 aromatic heterocycles. The fourth-order valence-corrected chi connectivity index (χ4v) is 1.63. The lowest BCUT2D eigenvalue weighted by molar-refractivity contribution is -0.122. The summed E-state index contributed by atoms with van der Waals surface area (Å²) < 4.78 is 18.1. The van der Waals surface area contributed by atoms with Gasteiger partial charge in [-0.15, -0.1) is 0 Å². The van der Waals surface area contributed by atoms with Gasteiger partial charge in [0.2, 0.25) is 5.91 Å². The van der Waals surface area contributed by atoms with Gasteiger partial charge < -0.3 is 16.2 Å². The molecule has 0 bridgehead atoms. The molecular weight excluding hydrogens is 247 g/mol. The van der Waals surface area contributed by atoms with Gasteiger partial charge >= 0.3 is 0 Å². The molecule has 0 aliphatic heterocycles. The van der Waals surface area contributed by atoms with Crippen molar-refractivity contribution in [2.45, 2.75) is 13.0 Å². The van der Waals surface area contributed by atoms with Crippen molar-refractivity contribution in [3.8, 4) is 0 Å². The van der Waals surface area contributed by atoms with Crippen LogP contribution in [-0.4, -0.2) is 19.1 Å². The number of hydrogen-bond donors (Lipinski definition) is 2. The predicted molar refractivity (Wildman–Crippen MR) is 63.1 cm³/mol. The van der Waals surface area contributed by atoms with E-state index >= 15 is 0 Å². The maximum Gasteiger partial charge on any atom is 0.243 e. The number of ether oxygens (including phenoxy) is 1. The van der Waals surface area contributed by atoms with Crippen molar-refractivity contribution in [1.82, 2.24) is 0 Å². The summed E-state index contributed by atoms with van der Waals surface area (Å²) in [4.78, 5) is 10.5. The zero-order chi connectivity index (χ0) is 13.0. The van der Waals surface area contributed by atoms with Crippen molar-refractivity contribution in [3.05, 3.63) is 34.1 Å². The second-order valence-corrected chi connectivity index (χ2v) is 4.12. The van der Waals surface area contributed by atoms with Gasteiger partial charge in [-0.1, -0.05) is 17.7 Å². The topological polar surface area (TPSA) is 78.3 Å². The van der Waals surface area contributed by atoms with Crippen LogP contribution in [0.3, 0.4) is 0 Å². The van der Waals surface area contributed by atoms with E-state index in [1.54, 1.807) is 13.0 Å². The summed E-state index contributed by atoms with van der Waals surface area (Å²) in [5.74, 6) is -0.956. The third-order valence-electron chi connectivity index (χ3n) is 2.22. The highest BCUT2D eigenvalue weighted by Gasteiger charge is 2.13. The quantitative estimate of drug-likeness (QED) is 0.837. The van der Waals surface area contributed by atoms with Gasteiger partial charge in [0, 0.05) is 5.02 Å². The number of aryl methyl sites for hydroxylation is 1. The van der Waals surface area contributed by atoms with Crippen molar-refractivity contribution < 1.29 is 13.9 Å². The number of carbonyl (C=O) groups is 1. The number of carbonyl (C=O) groups excluding carboxylic acids is 1. The Bertz CT molecular complexity index is 426. The van der Waals surface area contributed by atoms with E-state index in [4.69, 9.17) is 27.8 Å². The van der Waals surface area contributed by atoms with Crippen molar-refractivity contribution in [1.29, 1.82) is 0 Å².